The van der Waals surface area contributed by atoms with Gasteiger partial charge in [-0.05, 0) is 79.3 Å². The van der Waals surface area contributed by atoms with Crippen LogP contribution in [0.5, 0.6) is 5.75 Å². The highest BCUT2D eigenvalue weighted by Crippen LogP contribution is 2.59. The van der Waals surface area contributed by atoms with Gasteiger partial charge in [0, 0.05) is 12.3 Å². The summed E-state index contributed by atoms with van der Waals surface area (Å²) < 4.78 is 11.6. The van der Waals surface area contributed by atoms with E-state index in [0.29, 0.717) is 18.4 Å². The summed E-state index contributed by atoms with van der Waals surface area (Å²) in [6, 6.07) is 17.0. The minimum Gasteiger partial charge on any atom is -0.489 e. The summed E-state index contributed by atoms with van der Waals surface area (Å²) in [5, 5.41) is 0. The summed E-state index contributed by atoms with van der Waals surface area (Å²) in [5.41, 5.74) is 5.42. The maximum atomic E-state index is 11.5. The Balaban J connectivity index is 1.33. The second-order valence-electron chi connectivity index (χ2n) is 9.00. The topological polar surface area (TPSA) is 35.5 Å². The van der Waals surface area contributed by atoms with E-state index in [2.05, 4.69) is 43.3 Å². The Morgan fingerprint density at radius 2 is 1.90 bits per heavy atom. The van der Waals surface area contributed by atoms with Crippen LogP contribution in [-0.4, -0.2) is 5.97 Å². The molecule has 0 aliphatic heterocycles. The number of hydrogen-bond acceptors (Lipinski definition) is 3. The van der Waals surface area contributed by atoms with E-state index in [0.717, 1.165) is 37.2 Å². The van der Waals surface area contributed by atoms with Crippen LogP contribution in [0.3, 0.4) is 0 Å². The van der Waals surface area contributed by atoms with E-state index in [1.807, 2.05) is 24.3 Å². The molecule has 1 fully saturated rings. The van der Waals surface area contributed by atoms with Crippen LogP contribution in [0.2, 0.25) is 0 Å². The molecule has 0 spiro atoms. The second-order valence-corrected chi connectivity index (χ2v) is 9.00. The van der Waals surface area contributed by atoms with Crippen LogP contribution in [0.1, 0.15) is 55.7 Å². The fraction of sp³-hybridized carbons (Fsp3) is 0.370. The van der Waals surface area contributed by atoms with Gasteiger partial charge in [-0.25, -0.2) is 0 Å². The third kappa shape index (κ3) is 3.27. The molecule has 3 aliphatic rings. The molecule has 1 saturated carbocycles. The summed E-state index contributed by atoms with van der Waals surface area (Å²) in [6.45, 7) is 4.33. The van der Waals surface area contributed by atoms with Crippen LogP contribution in [0, 0.1) is 11.3 Å². The van der Waals surface area contributed by atoms with E-state index in [1.165, 1.54) is 29.2 Å². The lowest BCUT2D eigenvalue weighted by Gasteiger charge is -2.46. The molecule has 0 radical (unpaired) electrons. The number of aryl methyl sites for hydroxylation is 1. The molecule has 3 heteroatoms. The Bertz CT molecular complexity index is 1030. The summed E-state index contributed by atoms with van der Waals surface area (Å²) in [6.07, 6.45) is 8.59. The van der Waals surface area contributed by atoms with E-state index in [-0.39, 0.29) is 11.4 Å². The van der Waals surface area contributed by atoms with Gasteiger partial charge in [0.25, 0.3) is 0 Å². The predicted octanol–water partition coefficient (Wildman–Crippen LogP) is 6.10. The Hall–Kier alpha value is -2.81. The Kier molecular flexibility index (Phi) is 4.77. The van der Waals surface area contributed by atoms with Crippen molar-refractivity contribution in [3.63, 3.8) is 0 Å². The number of carbonyl (C=O) groups is 1. The zero-order chi connectivity index (χ0) is 20.7. The Morgan fingerprint density at radius 1 is 1.07 bits per heavy atom. The van der Waals surface area contributed by atoms with Gasteiger partial charge in [-0.3, -0.25) is 4.79 Å². The molecule has 2 aromatic carbocycles. The summed E-state index contributed by atoms with van der Waals surface area (Å²) in [4.78, 5) is 11.5. The van der Waals surface area contributed by atoms with Crippen molar-refractivity contribution in [1.82, 2.24) is 0 Å². The Morgan fingerprint density at radius 3 is 2.70 bits per heavy atom. The monoisotopic (exact) mass is 400 g/mol. The first-order valence-electron chi connectivity index (χ1n) is 11.0. The third-order valence-corrected chi connectivity index (χ3v) is 7.18. The highest BCUT2D eigenvalue weighted by molar-refractivity contribution is 5.68. The van der Waals surface area contributed by atoms with Crippen molar-refractivity contribution in [3.8, 4) is 5.75 Å². The van der Waals surface area contributed by atoms with Crippen molar-refractivity contribution in [3.05, 3.63) is 88.7 Å². The molecule has 3 nitrogen and oxygen atoms in total. The highest BCUT2D eigenvalue weighted by Gasteiger charge is 2.49. The minimum absolute atomic E-state index is 0.122. The number of benzene rings is 2. The minimum atomic E-state index is -0.226. The van der Waals surface area contributed by atoms with Crippen LogP contribution in [0.25, 0.3) is 0 Å². The van der Waals surface area contributed by atoms with Crippen LogP contribution >= 0.6 is 0 Å². The van der Waals surface area contributed by atoms with Gasteiger partial charge in [-0.15, -0.1) is 0 Å². The smallest absolute Gasteiger partial charge is 0.307 e. The standard InChI is InChI=1S/C27H28O3/c1-18(28)30-26-13-12-25-24-10-8-20-16-21(29-17-19-6-4-3-5-7-19)9-11-22(20)23(24)14-15-27(25,26)2/h3-7,9,11-13,16,23-24H,8,10,14-15,17H2,1-2H3/t23?,24?,27-/m0/s1. The van der Waals surface area contributed by atoms with Crippen LogP contribution in [0.15, 0.2) is 72.0 Å². The number of ether oxygens (including phenoxy) is 2. The molecular weight excluding hydrogens is 372 g/mol. The molecule has 2 aromatic rings. The van der Waals surface area contributed by atoms with Gasteiger partial charge in [0.1, 0.15) is 18.1 Å². The lowest BCUT2D eigenvalue weighted by Crippen LogP contribution is -2.36. The van der Waals surface area contributed by atoms with Gasteiger partial charge in [0.15, 0.2) is 0 Å². The molecule has 0 heterocycles. The number of allylic oxidation sites excluding steroid dienone is 3. The molecular formula is C27H28O3. The van der Waals surface area contributed by atoms with Crippen LogP contribution in [-0.2, 0) is 22.6 Å². The predicted molar refractivity (Wildman–Crippen MR) is 117 cm³/mol. The zero-order valence-corrected chi connectivity index (χ0v) is 17.7. The fourth-order valence-corrected chi connectivity index (χ4v) is 5.67. The zero-order valence-electron chi connectivity index (χ0n) is 17.7. The van der Waals surface area contributed by atoms with E-state index >= 15 is 0 Å². The maximum Gasteiger partial charge on any atom is 0.307 e. The molecule has 30 heavy (non-hydrogen) atoms. The Labute approximate surface area is 178 Å². The van der Waals surface area contributed by atoms with E-state index in [4.69, 9.17) is 9.47 Å². The molecule has 0 amide bonds. The molecule has 5 rings (SSSR count). The fourth-order valence-electron chi connectivity index (χ4n) is 5.67. The molecule has 3 atom stereocenters. The van der Waals surface area contributed by atoms with E-state index in [1.54, 1.807) is 0 Å². The van der Waals surface area contributed by atoms with Crippen molar-refractivity contribution >= 4 is 5.97 Å². The molecule has 0 N–H and O–H groups in total. The molecule has 2 unspecified atom stereocenters. The first-order chi connectivity index (χ1) is 14.5. The van der Waals surface area contributed by atoms with Crippen molar-refractivity contribution in [1.29, 1.82) is 0 Å². The molecule has 0 aromatic heterocycles. The van der Waals surface area contributed by atoms with Gasteiger partial charge in [-0.2, -0.15) is 0 Å². The van der Waals surface area contributed by atoms with Gasteiger partial charge in [0.2, 0.25) is 0 Å². The van der Waals surface area contributed by atoms with E-state index < -0.39 is 0 Å². The van der Waals surface area contributed by atoms with Crippen molar-refractivity contribution in [2.24, 2.45) is 11.3 Å². The van der Waals surface area contributed by atoms with Crippen molar-refractivity contribution < 1.29 is 14.3 Å². The lowest BCUT2D eigenvalue weighted by molar-refractivity contribution is -0.138. The highest BCUT2D eigenvalue weighted by atomic mass is 16.5. The SMILES string of the molecule is CC(=O)OC1=CC=C2C3CCc4cc(OCc5ccccc5)ccc4C3CC[C@]12C. The average molecular weight is 401 g/mol. The summed E-state index contributed by atoms with van der Waals surface area (Å²) >= 11 is 0. The number of fused-ring (bicyclic) bond motifs is 5. The van der Waals surface area contributed by atoms with Crippen molar-refractivity contribution in [2.45, 2.75) is 52.1 Å². The lowest BCUT2D eigenvalue weighted by atomic mass is 9.58. The summed E-state index contributed by atoms with van der Waals surface area (Å²) in [5.74, 6) is 2.63. The van der Waals surface area contributed by atoms with Crippen molar-refractivity contribution in [2.75, 3.05) is 0 Å². The van der Waals surface area contributed by atoms with Gasteiger partial charge >= 0.3 is 5.97 Å². The largest absolute Gasteiger partial charge is 0.489 e. The molecule has 3 aliphatic carbocycles. The normalized spacial score (nSPS) is 26.6. The van der Waals surface area contributed by atoms with E-state index in [9.17, 15) is 4.79 Å². The number of carbonyl (C=O) groups excluding carboxylic acids is 1. The average Bonchev–Trinajstić information content (AvgIpc) is 3.08. The first kappa shape index (κ1) is 19.2. The first-order valence-corrected chi connectivity index (χ1v) is 11.0. The van der Waals surface area contributed by atoms with Gasteiger partial charge < -0.3 is 9.47 Å². The quantitative estimate of drug-likeness (QED) is 0.582. The van der Waals surface area contributed by atoms with Crippen LogP contribution in [0.4, 0.5) is 0 Å². The molecule has 0 bridgehead atoms. The van der Waals surface area contributed by atoms with Gasteiger partial charge in [0.05, 0.1) is 0 Å². The maximum absolute atomic E-state index is 11.5. The van der Waals surface area contributed by atoms with Crippen LogP contribution < -0.4 is 4.74 Å². The summed E-state index contributed by atoms with van der Waals surface area (Å²) in [7, 11) is 0. The molecule has 0 saturated heterocycles. The van der Waals surface area contributed by atoms with Gasteiger partial charge in [-0.1, -0.05) is 48.0 Å². The number of rotatable bonds is 4. The number of hydrogen-bond donors (Lipinski definition) is 0. The second kappa shape index (κ2) is 7.46. The number of esters is 1. The molecule has 154 valence electrons. The third-order valence-electron chi connectivity index (χ3n) is 7.18.